The molecule has 1 aliphatic rings. The number of aliphatic imine (C=N–C) groups is 1. The van der Waals surface area contributed by atoms with E-state index in [0.29, 0.717) is 25.9 Å². The second kappa shape index (κ2) is 14.6. The molecule has 154 valence electrons. The zero-order valence-corrected chi connectivity index (χ0v) is 20.2. The molecule has 1 aromatic rings. The van der Waals surface area contributed by atoms with E-state index in [9.17, 15) is 0 Å². The number of guanidine groups is 1. The van der Waals surface area contributed by atoms with Crippen LogP contribution in [0.4, 0.5) is 0 Å². The summed E-state index contributed by atoms with van der Waals surface area (Å²) in [5, 5.41) is 6.83. The minimum absolute atomic E-state index is 0. The van der Waals surface area contributed by atoms with Gasteiger partial charge in [0.15, 0.2) is 5.96 Å². The minimum atomic E-state index is 0. The number of ether oxygens (including phenoxy) is 2. The number of benzene rings is 1. The number of hydrogen-bond donors (Lipinski definition) is 2. The molecule has 0 aliphatic carbocycles. The average Bonchev–Trinajstić information content (AvgIpc) is 2.67. The Hall–Kier alpha value is -0.420. The predicted molar refractivity (Wildman–Crippen MR) is 125 cm³/mol. The lowest BCUT2D eigenvalue weighted by Crippen LogP contribution is -2.49. The molecule has 0 bridgehead atoms. The van der Waals surface area contributed by atoms with Crippen molar-refractivity contribution in [3.05, 3.63) is 34.3 Å². The first kappa shape index (κ1) is 24.6. The first-order chi connectivity index (χ1) is 12.7. The Morgan fingerprint density at radius 3 is 2.52 bits per heavy atom. The summed E-state index contributed by atoms with van der Waals surface area (Å²) in [4.78, 5) is 6.82. The van der Waals surface area contributed by atoms with E-state index in [1.807, 2.05) is 7.05 Å². The topological polar surface area (TPSA) is 58.1 Å². The molecule has 0 spiro atoms. The maximum atomic E-state index is 5.46. The van der Waals surface area contributed by atoms with Gasteiger partial charge in [-0.05, 0) is 30.5 Å². The van der Waals surface area contributed by atoms with Crippen molar-refractivity contribution in [2.75, 3.05) is 53.6 Å². The van der Waals surface area contributed by atoms with Crippen LogP contribution in [0.25, 0.3) is 0 Å². The molecule has 27 heavy (non-hydrogen) atoms. The normalized spacial score (nSPS) is 16.0. The standard InChI is InChI=1S/C19H31BrN4O2.HI/c1-21-19(22-9-12-26-14-13-25-2)23-18-7-10-24(11-8-18)15-16-3-5-17(20)6-4-16;/h3-6,18H,7-15H2,1-2H3,(H2,21,22,23);1H. The Bertz CT molecular complexity index is 537. The summed E-state index contributed by atoms with van der Waals surface area (Å²) in [5.74, 6) is 0.853. The molecule has 1 saturated heterocycles. The van der Waals surface area contributed by atoms with Gasteiger partial charge in [0.2, 0.25) is 0 Å². The van der Waals surface area contributed by atoms with Gasteiger partial charge >= 0.3 is 0 Å². The van der Waals surface area contributed by atoms with E-state index in [2.05, 4.69) is 60.7 Å². The van der Waals surface area contributed by atoms with Crippen LogP contribution in [0.3, 0.4) is 0 Å². The Kier molecular flexibility index (Phi) is 13.3. The molecule has 0 saturated carbocycles. The molecule has 2 N–H and O–H groups in total. The number of hydrogen-bond acceptors (Lipinski definition) is 4. The van der Waals surface area contributed by atoms with E-state index < -0.39 is 0 Å². The Labute approximate surface area is 188 Å². The Morgan fingerprint density at radius 2 is 1.89 bits per heavy atom. The summed E-state index contributed by atoms with van der Waals surface area (Å²) < 4.78 is 11.5. The molecule has 6 nitrogen and oxygen atoms in total. The summed E-state index contributed by atoms with van der Waals surface area (Å²) in [6.07, 6.45) is 2.25. The van der Waals surface area contributed by atoms with Gasteiger partial charge in [0.05, 0.1) is 19.8 Å². The van der Waals surface area contributed by atoms with Crippen molar-refractivity contribution in [1.82, 2.24) is 15.5 Å². The zero-order valence-electron chi connectivity index (χ0n) is 16.2. The van der Waals surface area contributed by atoms with Crippen molar-refractivity contribution < 1.29 is 9.47 Å². The molecule has 0 unspecified atom stereocenters. The van der Waals surface area contributed by atoms with Gasteiger partial charge in [0, 0.05) is 50.9 Å². The molecule has 0 radical (unpaired) electrons. The minimum Gasteiger partial charge on any atom is -0.382 e. The molecule has 2 rings (SSSR count). The number of nitrogens with zero attached hydrogens (tertiary/aromatic N) is 2. The van der Waals surface area contributed by atoms with Crippen molar-refractivity contribution in [2.24, 2.45) is 4.99 Å². The van der Waals surface area contributed by atoms with Gasteiger partial charge in [0.1, 0.15) is 0 Å². The largest absolute Gasteiger partial charge is 0.382 e. The van der Waals surface area contributed by atoms with Crippen LogP contribution in [0, 0.1) is 0 Å². The van der Waals surface area contributed by atoms with Crippen LogP contribution in [0.1, 0.15) is 18.4 Å². The molecule has 0 amide bonds. The van der Waals surface area contributed by atoms with E-state index >= 15 is 0 Å². The molecule has 0 aromatic heterocycles. The first-order valence-electron chi connectivity index (χ1n) is 9.22. The number of halogens is 2. The molecule has 1 heterocycles. The van der Waals surface area contributed by atoms with E-state index in [1.54, 1.807) is 7.11 Å². The molecule has 1 aliphatic heterocycles. The average molecular weight is 555 g/mol. The van der Waals surface area contributed by atoms with Gasteiger partial charge < -0.3 is 20.1 Å². The van der Waals surface area contributed by atoms with E-state index in [4.69, 9.17) is 9.47 Å². The fourth-order valence-electron chi connectivity index (χ4n) is 2.96. The van der Waals surface area contributed by atoms with E-state index in [-0.39, 0.29) is 24.0 Å². The smallest absolute Gasteiger partial charge is 0.191 e. The lowest BCUT2D eigenvalue weighted by atomic mass is 10.0. The van der Waals surface area contributed by atoms with Crippen LogP contribution in [0.5, 0.6) is 0 Å². The van der Waals surface area contributed by atoms with E-state index in [0.717, 1.165) is 49.5 Å². The highest BCUT2D eigenvalue weighted by Gasteiger charge is 2.19. The number of piperidine rings is 1. The van der Waals surface area contributed by atoms with Gasteiger partial charge in [-0.2, -0.15) is 0 Å². The zero-order chi connectivity index (χ0) is 18.6. The van der Waals surface area contributed by atoms with Crippen LogP contribution in [-0.4, -0.2) is 70.5 Å². The predicted octanol–water partition coefficient (Wildman–Crippen LogP) is 2.86. The Morgan fingerprint density at radius 1 is 1.19 bits per heavy atom. The molecule has 1 aromatic carbocycles. The SMILES string of the molecule is CN=C(NCCOCCOC)NC1CCN(Cc2ccc(Br)cc2)CC1.I. The van der Waals surface area contributed by atoms with Gasteiger partial charge in [-0.1, -0.05) is 28.1 Å². The summed E-state index contributed by atoms with van der Waals surface area (Å²) >= 11 is 3.49. The number of nitrogens with one attached hydrogen (secondary N) is 2. The first-order valence-corrected chi connectivity index (χ1v) is 10.0. The maximum Gasteiger partial charge on any atom is 0.191 e. The molecule has 1 fully saturated rings. The van der Waals surface area contributed by atoms with Gasteiger partial charge in [-0.25, -0.2) is 0 Å². The van der Waals surface area contributed by atoms with Crippen molar-refractivity contribution in [2.45, 2.75) is 25.4 Å². The highest BCUT2D eigenvalue weighted by molar-refractivity contribution is 14.0. The van der Waals surface area contributed by atoms with Crippen LogP contribution in [0.15, 0.2) is 33.7 Å². The van der Waals surface area contributed by atoms with Crippen molar-refractivity contribution >= 4 is 45.9 Å². The van der Waals surface area contributed by atoms with Crippen molar-refractivity contribution in [3.8, 4) is 0 Å². The van der Waals surface area contributed by atoms with E-state index in [1.165, 1.54) is 5.56 Å². The van der Waals surface area contributed by atoms with Crippen LogP contribution >= 0.6 is 39.9 Å². The summed E-state index contributed by atoms with van der Waals surface area (Å²) in [6, 6.07) is 9.07. The summed E-state index contributed by atoms with van der Waals surface area (Å²) in [5.41, 5.74) is 1.37. The number of likely N-dealkylation sites (tertiary alicyclic amines) is 1. The Balaban J connectivity index is 0.00000364. The monoisotopic (exact) mass is 554 g/mol. The third-order valence-electron chi connectivity index (χ3n) is 4.44. The molecule has 0 atom stereocenters. The lowest BCUT2D eigenvalue weighted by molar-refractivity contribution is 0.0733. The second-order valence-electron chi connectivity index (χ2n) is 6.43. The van der Waals surface area contributed by atoms with Crippen molar-refractivity contribution in [3.63, 3.8) is 0 Å². The summed E-state index contributed by atoms with van der Waals surface area (Å²) in [6.45, 7) is 5.87. The quantitative estimate of drug-likeness (QED) is 0.213. The third-order valence-corrected chi connectivity index (χ3v) is 4.97. The van der Waals surface area contributed by atoms with Crippen LogP contribution in [0.2, 0.25) is 0 Å². The second-order valence-corrected chi connectivity index (χ2v) is 7.34. The maximum absolute atomic E-state index is 5.46. The fourth-order valence-corrected chi connectivity index (χ4v) is 3.22. The van der Waals surface area contributed by atoms with Crippen molar-refractivity contribution in [1.29, 1.82) is 0 Å². The number of rotatable bonds is 9. The molecular weight excluding hydrogens is 523 g/mol. The van der Waals surface area contributed by atoms with Gasteiger partial charge in [-0.15, -0.1) is 24.0 Å². The van der Waals surface area contributed by atoms with Crippen LogP contribution in [-0.2, 0) is 16.0 Å². The molecular formula is C19H32BrIN4O2. The van der Waals surface area contributed by atoms with Gasteiger partial charge in [0.25, 0.3) is 0 Å². The van der Waals surface area contributed by atoms with Crippen LogP contribution < -0.4 is 10.6 Å². The lowest BCUT2D eigenvalue weighted by Gasteiger charge is -2.33. The molecule has 8 heteroatoms. The number of methoxy groups -OCH3 is 1. The van der Waals surface area contributed by atoms with Gasteiger partial charge in [-0.3, -0.25) is 9.89 Å². The summed E-state index contributed by atoms with van der Waals surface area (Å²) in [7, 11) is 3.49. The fraction of sp³-hybridized carbons (Fsp3) is 0.632. The highest BCUT2D eigenvalue weighted by atomic mass is 127. The highest BCUT2D eigenvalue weighted by Crippen LogP contribution is 2.16. The third kappa shape index (κ3) is 10.1.